The van der Waals surface area contributed by atoms with E-state index in [0.29, 0.717) is 6.54 Å². The largest absolute Gasteiger partial charge is 0.355 e. The molecule has 0 saturated carbocycles. The van der Waals surface area contributed by atoms with Crippen LogP contribution in [0.15, 0.2) is 41.0 Å². The second-order valence-electron chi connectivity index (χ2n) is 4.90. The highest BCUT2D eigenvalue weighted by molar-refractivity contribution is 9.10. The zero-order valence-corrected chi connectivity index (χ0v) is 13.8. The highest BCUT2D eigenvalue weighted by Gasteiger charge is 2.10. The number of nitrogens with zero attached hydrogens (tertiary/aromatic N) is 2. The summed E-state index contributed by atoms with van der Waals surface area (Å²) in [5.41, 5.74) is 2.04. The number of rotatable bonds is 6. The normalized spacial score (nSPS) is 10.7. The number of hydrogen-bond acceptors (Lipinski definition) is 3. The molecule has 1 aromatic heterocycles. The molecule has 0 aliphatic carbocycles. The van der Waals surface area contributed by atoms with Crippen LogP contribution in [0.2, 0.25) is 0 Å². The minimum absolute atomic E-state index is 0.211. The number of benzene rings is 1. The van der Waals surface area contributed by atoms with E-state index in [1.54, 1.807) is 18.3 Å². The van der Waals surface area contributed by atoms with Crippen LogP contribution in [0.5, 0.6) is 0 Å². The summed E-state index contributed by atoms with van der Waals surface area (Å²) in [5, 5.41) is 3.31. The second-order valence-corrected chi connectivity index (χ2v) is 5.82. The number of pyridine rings is 1. The van der Waals surface area contributed by atoms with Crippen molar-refractivity contribution in [1.29, 1.82) is 0 Å². The van der Waals surface area contributed by atoms with E-state index >= 15 is 0 Å². The van der Waals surface area contributed by atoms with Crippen LogP contribution in [0.3, 0.4) is 0 Å². The predicted molar refractivity (Wildman–Crippen MR) is 87.8 cm³/mol. The highest BCUT2D eigenvalue weighted by atomic mass is 79.9. The average molecular weight is 352 g/mol. The standard InChI is InChI=1S/C16H19BrFN3/c1-3-19-9-13-8-14(17)10-20-16(13)21(2)11-12-5-4-6-15(18)7-12/h4-8,10,19H,3,9,11H2,1-2H3. The zero-order valence-electron chi connectivity index (χ0n) is 12.2. The summed E-state index contributed by atoms with van der Waals surface area (Å²) in [6.07, 6.45) is 1.78. The van der Waals surface area contributed by atoms with Crippen molar-refractivity contribution in [1.82, 2.24) is 10.3 Å². The van der Waals surface area contributed by atoms with Gasteiger partial charge < -0.3 is 10.2 Å². The third-order valence-electron chi connectivity index (χ3n) is 3.15. The van der Waals surface area contributed by atoms with Gasteiger partial charge in [-0.05, 0) is 46.2 Å². The van der Waals surface area contributed by atoms with E-state index in [9.17, 15) is 4.39 Å². The van der Waals surface area contributed by atoms with Gasteiger partial charge in [-0.15, -0.1) is 0 Å². The number of aromatic nitrogens is 1. The van der Waals surface area contributed by atoms with Crippen molar-refractivity contribution in [3.63, 3.8) is 0 Å². The molecule has 0 saturated heterocycles. The maximum atomic E-state index is 13.3. The molecule has 0 amide bonds. The summed E-state index contributed by atoms with van der Waals surface area (Å²) >= 11 is 3.46. The molecule has 1 aromatic carbocycles. The van der Waals surface area contributed by atoms with Gasteiger partial charge in [0.1, 0.15) is 11.6 Å². The Morgan fingerprint density at radius 3 is 2.86 bits per heavy atom. The van der Waals surface area contributed by atoms with Crippen molar-refractivity contribution in [3.05, 3.63) is 57.9 Å². The molecule has 0 bridgehead atoms. The lowest BCUT2D eigenvalue weighted by molar-refractivity contribution is 0.625. The Morgan fingerprint density at radius 2 is 2.14 bits per heavy atom. The SMILES string of the molecule is CCNCc1cc(Br)cnc1N(C)Cc1cccc(F)c1. The van der Waals surface area contributed by atoms with Gasteiger partial charge in [0.15, 0.2) is 0 Å². The summed E-state index contributed by atoms with van der Waals surface area (Å²) in [6.45, 7) is 4.35. The molecule has 1 N–H and O–H groups in total. The van der Waals surface area contributed by atoms with E-state index in [0.717, 1.165) is 34.5 Å². The van der Waals surface area contributed by atoms with Crippen molar-refractivity contribution < 1.29 is 4.39 Å². The average Bonchev–Trinajstić information content (AvgIpc) is 2.45. The van der Waals surface area contributed by atoms with Gasteiger partial charge >= 0.3 is 0 Å². The predicted octanol–water partition coefficient (Wildman–Crippen LogP) is 3.73. The first kappa shape index (κ1) is 15.9. The molecule has 0 spiro atoms. The number of hydrogen-bond donors (Lipinski definition) is 1. The molecule has 0 radical (unpaired) electrons. The fourth-order valence-corrected chi connectivity index (χ4v) is 2.57. The summed E-state index contributed by atoms with van der Waals surface area (Å²) in [6, 6.07) is 8.72. The smallest absolute Gasteiger partial charge is 0.133 e. The minimum atomic E-state index is -0.211. The molecule has 0 aliphatic heterocycles. The van der Waals surface area contributed by atoms with Crippen molar-refractivity contribution in [2.24, 2.45) is 0 Å². The fourth-order valence-electron chi connectivity index (χ4n) is 2.19. The molecular formula is C16H19BrFN3. The van der Waals surface area contributed by atoms with Crippen LogP contribution in [0, 0.1) is 5.82 Å². The lowest BCUT2D eigenvalue weighted by Gasteiger charge is -2.21. The molecule has 5 heteroatoms. The van der Waals surface area contributed by atoms with Gasteiger partial charge in [0.25, 0.3) is 0 Å². The molecule has 0 atom stereocenters. The quantitative estimate of drug-likeness (QED) is 0.859. The molecule has 1 heterocycles. The summed E-state index contributed by atoms with van der Waals surface area (Å²) in [5.74, 6) is 0.695. The van der Waals surface area contributed by atoms with Crippen LogP contribution in [-0.2, 0) is 13.1 Å². The molecule has 0 aliphatic rings. The van der Waals surface area contributed by atoms with E-state index < -0.39 is 0 Å². The Balaban J connectivity index is 2.19. The van der Waals surface area contributed by atoms with Crippen molar-refractivity contribution in [2.75, 3.05) is 18.5 Å². The summed E-state index contributed by atoms with van der Waals surface area (Å²) in [7, 11) is 1.97. The first-order valence-electron chi connectivity index (χ1n) is 6.91. The van der Waals surface area contributed by atoms with Gasteiger partial charge in [-0.1, -0.05) is 19.1 Å². The van der Waals surface area contributed by atoms with E-state index in [4.69, 9.17) is 0 Å². The Labute approximate surface area is 133 Å². The third-order valence-corrected chi connectivity index (χ3v) is 3.58. The Hall–Kier alpha value is -1.46. The number of anilines is 1. The molecular weight excluding hydrogens is 333 g/mol. The summed E-state index contributed by atoms with van der Waals surface area (Å²) in [4.78, 5) is 6.53. The minimum Gasteiger partial charge on any atom is -0.355 e. The van der Waals surface area contributed by atoms with E-state index in [1.165, 1.54) is 6.07 Å². The zero-order chi connectivity index (χ0) is 15.2. The van der Waals surface area contributed by atoms with Crippen LogP contribution in [0.25, 0.3) is 0 Å². The van der Waals surface area contributed by atoms with Gasteiger partial charge in [-0.25, -0.2) is 9.37 Å². The van der Waals surface area contributed by atoms with Gasteiger partial charge in [-0.2, -0.15) is 0 Å². The van der Waals surface area contributed by atoms with Gasteiger partial charge in [0.2, 0.25) is 0 Å². The molecule has 2 rings (SSSR count). The molecule has 0 fully saturated rings. The van der Waals surface area contributed by atoms with E-state index in [2.05, 4.69) is 39.2 Å². The molecule has 3 nitrogen and oxygen atoms in total. The maximum Gasteiger partial charge on any atom is 0.133 e. The van der Waals surface area contributed by atoms with Crippen molar-refractivity contribution >= 4 is 21.7 Å². The van der Waals surface area contributed by atoms with E-state index in [-0.39, 0.29) is 5.82 Å². The number of halogens is 2. The molecule has 112 valence electrons. The second kappa shape index (κ2) is 7.52. The first-order valence-corrected chi connectivity index (χ1v) is 7.70. The van der Waals surface area contributed by atoms with Crippen molar-refractivity contribution in [3.8, 4) is 0 Å². The van der Waals surface area contributed by atoms with Gasteiger partial charge in [0.05, 0.1) is 0 Å². The number of nitrogens with one attached hydrogen (secondary N) is 1. The summed E-state index contributed by atoms with van der Waals surface area (Å²) < 4.78 is 14.2. The van der Waals surface area contributed by atoms with E-state index in [1.807, 2.05) is 18.0 Å². The Kier molecular flexibility index (Phi) is 5.70. The first-order chi connectivity index (χ1) is 10.1. The Bertz CT molecular complexity index is 604. The lowest BCUT2D eigenvalue weighted by Crippen LogP contribution is -2.22. The molecule has 21 heavy (non-hydrogen) atoms. The Morgan fingerprint density at radius 1 is 1.33 bits per heavy atom. The third kappa shape index (κ3) is 4.51. The van der Waals surface area contributed by atoms with Gasteiger partial charge in [0, 0.05) is 36.4 Å². The van der Waals surface area contributed by atoms with Crippen LogP contribution in [0.4, 0.5) is 10.2 Å². The lowest BCUT2D eigenvalue weighted by atomic mass is 10.2. The van der Waals surface area contributed by atoms with Crippen molar-refractivity contribution in [2.45, 2.75) is 20.0 Å². The van der Waals surface area contributed by atoms with Crippen LogP contribution < -0.4 is 10.2 Å². The highest BCUT2D eigenvalue weighted by Crippen LogP contribution is 2.22. The monoisotopic (exact) mass is 351 g/mol. The molecule has 0 unspecified atom stereocenters. The van der Waals surface area contributed by atoms with Crippen LogP contribution in [-0.4, -0.2) is 18.6 Å². The van der Waals surface area contributed by atoms with Gasteiger partial charge in [-0.3, -0.25) is 0 Å². The maximum absolute atomic E-state index is 13.3. The van der Waals surface area contributed by atoms with Crippen LogP contribution >= 0.6 is 15.9 Å². The fraction of sp³-hybridized carbons (Fsp3) is 0.312. The molecule has 2 aromatic rings. The van der Waals surface area contributed by atoms with Crippen LogP contribution in [0.1, 0.15) is 18.1 Å². The topological polar surface area (TPSA) is 28.2 Å².